The lowest BCUT2D eigenvalue weighted by atomic mass is 9.87. The third-order valence-corrected chi connectivity index (χ3v) is 4.73. The van der Waals surface area contributed by atoms with Crippen LogP contribution >= 0.6 is 0 Å². The van der Waals surface area contributed by atoms with Crippen LogP contribution in [0.15, 0.2) is 29.3 Å². The lowest BCUT2D eigenvalue weighted by Crippen LogP contribution is -2.44. The summed E-state index contributed by atoms with van der Waals surface area (Å²) in [6.45, 7) is 5.88. The van der Waals surface area contributed by atoms with Crippen molar-refractivity contribution in [1.82, 2.24) is 15.5 Å². The lowest BCUT2D eigenvalue weighted by Gasteiger charge is -2.28. The maximum absolute atomic E-state index is 11.9. The quantitative estimate of drug-likeness (QED) is 0.638. The molecule has 0 radical (unpaired) electrons. The number of rotatable bonds is 5. The number of nitrogens with zero attached hydrogens (tertiary/aromatic N) is 2. The van der Waals surface area contributed by atoms with E-state index in [4.69, 9.17) is 4.99 Å². The van der Waals surface area contributed by atoms with E-state index in [1.54, 1.807) is 19.0 Å². The smallest absolute Gasteiger partial charge is 0.253 e. The molecule has 0 unspecified atom stereocenters. The predicted molar refractivity (Wildman–Crippen MR) is 104 cm³/mol. The van der Waals surface area contributed by atoms with Gasteiger partial charge in [0.25, 0.3) is 5.91 Å². The van der Waals surface area contributed by atoms with Gasteiger partial charge in [0.05, 0.1) is 6.54 Å². The number of hydrogen-bond acceptors (Lipinski definition) is 2. The molecule has 5 heteroatoms. The molecule has 0 aliphatic heterocycles. The highest BCUT2D eigenvalue weighted by atomic mass is 16.2. The van der Waals surface area contributed by atoms with Crippen LogP contribution in [0.3, 0.4) is 0 Å². The number of aliphatic imine (C=N–C) groups is 1. The first-order valence-corrected chi connectivity index (χ1v) is 9.35. The Labute approximate surface area is 151 Å². The zero-order chi connectivity index (χ0) is 18.2. The van der Waals surface area contributed by atoms with E-state index in [1.807, 2.05) is 24.3 Å². The van der Waals surface area contributed by atoms with Crippen molar-refractivity contribution in [3.63, 3.8) is 0 Å². The molecule has 1 aliphatic carbocycles. The molecule has 1 aliphatic rings. The molecule has 0 heterocycles. The van der Waals surface area contributed by atoms with Gasteiger partial charge in [-0.05, 0) is 56.2 Å². The van der Waals surface area contributed by atoms with Gasteiger partial charge < -0.3 is 15.5 Å². The third-order valence-electron chi connectivity index (χ3n) is 4.73. The summed E-state index contributed by atoms with van der Waals surface area (Å²) < 4.78 is 0. The third kappa shape index (κ3) is 6.07. The number of hydrogen-bond donors (Lipinski definition) is 2. The van der Waals surface area contributed by atoms with E-state index in [-0.39, 0.29) is 5.91 Å². The van der Waals surface area contributed by atoms with Gasteiger partial charge in [-0.2, -0.15) is 0 Å². The Morgan fingerprint density at radius 1 is 1.16 bits per heavy atom. The number of guanidine groups is 1. The molecule has 0 bridgehead atoms. The van der Waals surface area contributed by atoms with E-state index < -0.39 is 0 Å². The number of carbonyl (C=O) groups excluding carboxylic acids is 1. The topological polar surface area (TPSA) is 56.7 Å². The van der Waals surface area contributed by atoms with Gasteiger partial charge in [0.2, 0.25) is 0 Å². The van der Waals surface area contributed by atoms with Crippen LogP contribution in [-0.4, -0.2) is 43.4 Å². The molecule has 1 saturated carbocycles. The molecule has 1 amide bonds. The van der Waals surface area contributed by atoms with Crippen LogP contribution < -0.4 is 10.6 Å². The van der Waals surface area contributed by atoms with Crippen molar-refractivity contribution in [1.29, 1.82) is 0 Å². The highest BCUT2D eigenvalue weighted by Crippen LogP contribution is 2.23. The van der Waals surface area contributed by atoms with Crippen LogP contribution in [0.5, 0.6) is 0 Å². The van der Waals surface area contributed by atoms with Gasteiger partial charge in [-0.1, -0.05) is 19.1 Å². The van der Waals surface area contributed by atoms with Crippen LogP contribution in [0.25, 0.3) is 0 Å². The predicted octanol–water partition coefficient (Wildman–Crippen LogP) is 3.02. The minimum absolute atomic E-state index is 0.0246. The van der Waals surface area contributed by atoms with Gasteiger partial charge in [-0.25, -0.2) is 4.99 Å². The van der Waals surface area contributed by atoms with E-state index in [9.17, 15) is 4.79 Å². The molecule has 0 saturated heterocycles. The summed E-state index contributed by atoms with van der Waals surface area (Å²) in [5, 5.41) is 6.90. The zero-order valence-electron chi connectivity index (χ0n) is 16.0. The summed E-state index contributed by atoms with van der Waals surface area (Å²) in [5.41, 5.74) is 1.81. The fourth-order valence-corrected chi connectivity index (χ4v) is 3.10. The maximum Gasteiger partial charge on any atom is 0.253 e. The molecule has 1 aromatic carbocycles. The van der Waals surface area contributed by atoms with Crippen molar-refractivity contribution < 1.29 is 4.79 Å². The first-order valence-electron chi connectivity index (χ1n) is 9.35. The largest absolute Gasteiger partial charge is 0.357 e. The highest BCUT2D eigenvalue weighted by molar-refractivity contribution is 5.93. The van der Waals surface area contributed by atoms with Gasteiger partial charge in [0, 0.05) is 32.2 Å². The Hall–Kier alpha value is -2.04. The number of benzene rings is 1. The standard InChI is InChI=1S/C20H32N4O/c1-5-21-20(23-18-12-6-15(2)7-13-18)22-14-16-8-10-17(11-9-16)19(25)24(3)4/h8-11,15,18H,5-7,12-14H2,1-4H3,(H2,21,22,23). The summed E-state index contributed by atoms with van der Waals surface area (Å²) in [6, 6.07) is 8.22. The molecule has 1 fully saturated rings. The summed E-state index contributed by atoms with van der Waals surface area (Å²) in [5.74, 6) is 1.76. The Morgan fingerprint density at radius 2 is 1.80 bits per heavy atom. The first-order chi connectivity index (χ1) is 12.0. The average molecular weight is 345 g/mol. The molecule has 0 spiro atoms. The fraction of sp³-hybridized carbons (Fsp3) is 0.600. The molecule has 2 rings (SSSR count). The average Bonchev–Trinajstić information content (AvgIpc) is 2.61. The van der Waals surface area contributed by atoms with Gasteiger partial charge in [-0.15, -0.1) is 0 Å². The second kappa shape index (κ2) is 9.44. The molecule has 1 aromatic rings. The van der Waals surface area contributed by atoms with Crippen molar-refractivity contribution in [3.8, 4) is 0 Å². The molecular formula is C20H32N4O. The monoisotopic (exact) mass is 344 g/mol. The van der Waals surface area contributed by atoms with E-state index in [2.05, 4.69) is 24.5 Å². The molecule has 138 valence electrons. The Balaban J connectivity index is 1.94. The van der Waals surface area contributed by atoms with Crippen LogP contribution in [0.1, 0.15) is 55.5 Å². The molecule has 5 nitrogen and oxygen atoms in total. The summed E-state index contributed by atoms with van der Waals surface area (Å²) in [6.07, 6.45) is 5.01. The summed E-state index contributed by atoms with van der Waals surface area (Å²) >= 11 is 0. The van der Waals surface area contributed by atoms with Crippen molar-refractivity contribution in [2.24, 2.45) is 10.9 Å². The molecule has 0 atom stereocenters. The van der Waals surface area contributed by atoms with Crippen LogP contribution in [0.4, 0.5) is 0 Å². The van der Waals surface area contributed by atoms with Crippen molar-refractivity contribution in [2.45, 2.75) is 52.1 Å². The van der Waals surface area contributed by atoms with Gasteiger partial charge in [0.15, 0.2) is 5.96 Å². The summed E-state index contributed by atoms with van der Waals surface area (Å²) in [7, 11) is 3.53. The van der Waals surface area contributed by atoms with E-state index >= 15 is 0 Å². The van der Waals surface area contributed by atoms with Gasteiger partial charge >= 0.3 is 0 Å². The number of nitrogens with one attached hydrogen (secondary N) is 2. The molecule has 25 heavy (non-hydrogen) atoms. The lowest BCUT2D eigenvalue weighted by molar-refractivity contribution is 0.0827. The minimum Gasteiger partial charge on any atom is -0.357 e. The normalized spacial score (nSPS) is 20.9. The Bertz CT molecular complexity index is 572. The van der Waals surface area contributed by atoms with Crippen LogP contribution in [0, 0.1) is 5.92 Å². The van der Waals surface area contributed by atoms with E-state index in [0.717, 1.165) is 24.0 Å². The Morgan fingerprint density at radius 3 is 2.36 bits per heavy atom. The SMILES string of the molecule is CCNC(=NCc1ccc(C(=O)N(C)C)cc1)NC1CCC(C)CC1. The molecule has 0 aromatic heterocycles. The number of carbonyl (C=O) groups is 1. The first kappa shape index (κ1) is 19.3. The maximum atomic E-state index is 11.9. The van der Waals surface area contributed by atoms with Gasteiger partial charge in [0.1, 0.15) is 0 Å². The molecule has 2 N–H and O–H groups in total. The van der Waals surface area contributed by atoms with Crippen molar-refractivity contribution >= 4 is 11.9 Å². The summed E-state index contributed by atoms with van der Waals surface area (Å²) in [4.78, 5) is 18.2. The second-order valence-electron chi connectivity index (χ2n) is 7.19. The van der Waals surface area contributed by atoms with E-state index in [0.29, 0.717) is 18.2 Å². The van der Waals surface area contributed by atoms with Gasteiger partial charge in [-0.3, -0.25) is 4.79 Å². The van der Waals surface area contributed by atoms with Crippen LogP contribution in [0.2, 0.25) is 0 Å². The highest BCUT2D eigenvalue weighted by Gasteiger charge is 2.18. The second-order valence-corrected chi connectivity index (χ2v) is 7.19. The van der Waals surface area contributed by atoms with Crippen molar-refractivity contribution in [2.75, 3.05) is 20.6 Å². The van der Waals surface area contributed by atoms with Crippen molar-refractivity contribution in [3.05, 3.63) is 35.4 Å². The Kier molecular flexibility index (Phi) is 7.29. The minimum atomic E-state index is 0.0246. The molecular weight excluding hydrogens is 312 g/mol. The fourth-order valence-electron chi connectivity index (χ4n) is 3.10. The van der Waals surface area contributed by atoms with Crippen LogP contribution in [-0.2, 0) is 6.54 Å². The zero-order valence-corrected chi connectivity index (χ0v) is 16.0. The number of amides is 1. The van der Waals surface area contributed by atoms with E-state index in [1.165, 1.54) is 25.7 Å².